The van der Waals surface area contributed by atoms with Gasteiger partial charge in [0.05, 0.1) is 26.4 Å². The summed E-state index contributed by atoms with van der Waals surface area (Å²) in [5.41, 5.74) is 2.95. The van der Waals surface area contributed by atoms with E-state index in [0.717, 1.165) is 16.7 Å². The summed E-state index contributed by atoms with van der Waals surface area (Å²) in [5, 5.41) is 20.7. The van der Waals surface area contributed by atoms with E-state index >= 15 is 0 Å². The molecule has 3 aromatic carbocycles. The Kier molecular flexibility index (Phi) is 8.60. The molecule has 1 aliphatic heterocycles. The first-order valence-electron chi connectivity index (χ1n) is 11.2. The highest BCUT2D eigenvalue weighted by Crippen LogP contribution is 2.29. The Hall–Kier alpha value is -2.58. The molecular formula is C27H30O6. The molecule has 174 valence electrons. The van der Waals surface area contributed by atoms with Crippen LogP contribution in [0.4, 0.5) is 0 Å². The quantitative estimate of drug-likeness (QED) is 0.493. The smallest absolute Gasteiger partial charge is 0.184 e. The van der Waals surface area contributed by atoms with Gasteiger partial charge in [0.2, 0.25) is 0 Å². The van der Waals surface area contributed by atoms with Crippen LogP contribution in [0.25, 0.3) is 0 Å². The topological polar surface area (TPSA) is 77.4 Å². The molecule has 6 heteroatoms. The molecule has 0 radical (unpaired) electrons. The van der Waals surface area contributed by atoms with Gasteiger partial charge in [0.15, 0.2) is 6.29 Å². The van der Waals surface area contributed by atoms with Gasteiger partial charge in [0, 0.05) is 0 Å². The van der Waals surface area contributed by atoms with E-state index in [1.807, 2.05) is 91.0 Å². The van der Waals surface area contributed by atoms with Gasteiger partial charge in [-0.25, -0.2) is 0 Å². The fourth-order valence-electron chi connectivity index (χ4n) is 3.91. The first kappa shape index (κ1) is 23.6. The number of aliphatic hydroxyl groups excluding tert-OH is 2. The first-order valence-corrected chi connectivity index (χ1v) is 11.2. The van der Waals surface area contributed by atoms with Crippen molar-refractivity contribution >= 4 is 0 Å². The van der Waals surface area contributed by atoms with Crippen molar-refractivity contribution in [1.29, 1.82) is 0 Å². The summed E-state index contributed by atoms with van der Waals surface area (Å²) >= 11 is 0. The van der Waals surface area contributed by atoms with Crippen LogP contribution in [0.3, 0.4) is 0 Å². The number of rotatable bonds is 10. The van der Waals surface area contributed by atoms with E-state index in [1.165, 1.54) is 0 Å². The van der Waals surface area contributed by atoms with E-state index in [4.69, 9.17) is 18.9 Å². The molecule has 0 aromatic heterocycles. The average Bonchev–Trinajstić information content (AvgIpc) is 2.87. The van der Waals surface area contributed by atoms with Gasteiger partial charge in [-0.05, 0) is 16.7 Å². The van der Waals surface area contributed by atoms with Crippen molar-refractivity contribution in [1.82, 2.24) is 0 Å². The molecule has 1 heterocycles. The van der Waals surface area contributed by atoms with Gasteiger partial charge < -0.3 is 29.2 Å². The van der Waals surface area contributed by atoms with Crippen LogP contribution in [-0.2, 0) is 38.8 Å². The second kappa shape index (κ2) is 12.0. The summed E-state index contributed by atoms with van der Waals surface area (Å²) in [6.45, 7) is 0.601. The molecule has 33 heavy (non-hydrogen) atoms. The minimum absolute atomic E-state index is 0.284. The second-order valence-electron chi connectivity index (χ2n) is 8.03. The Labute approximate surface area is 194 Å². The molecule has 1 fully saturated rings. The van der Waals surface area contributed by atoms with Gasteiger partial charge >= 0.3 is 0 Å². The number of ether oxygens (including phenoxy) is 4. The lowest BCUT2D eigenvalue weighted by Crippen LogP contribution is -2.61. The van der Waals surface area contributed by atoms with E-state index in [9.17, 15) is 10.2 Å². The summed E-state index contributed by atoms with van der Waals surface area (Å²) in [4.78, 5) is 0. The van der Waals surface area contributed by atoms with Crippen LogP contribution < -0.4 is 0 Å². The predicted molar refractivity (Wildman–Crippen MR) is 123 cm³/mol. The highest BCUT2D eigenvalue weighted by Gasteiger charge is 2.47. The van der Waals surface area contributed by atoms with Gasteiger partial charge in [0.1, 0.15) is 24.4 Å². The van der Waals surface area contributed by atoms with E-state index in [0.29, 0.717) is 13.2 Å². The molecule has 0 saturated carbocycles. The van der Waals surface area contributed by atoms with Crippen LogP contribution in [-0.4, -0.2) is 47.5 Å². The van der Waals surface area contributed by atoms with Crippen molar-refractivity contribution in [3.63, 3.8) is 0 Å². The number of hydrogen-bond donors (Lipinski definition) is 2. The molecule has 4 rings (SSSR count). The van der Waals surface area contributed by atoms with E-state index in [2.05, 4.69) is 0 Å². The zero-order valence-electron chi connectivity index (χ0n) is 18.4. The van der Waals surface area contributed by atoms with Crippen LogP contribution in [0, 0.1) is 0 Å². The molecule has 3 aromatic rings. The summed E-state index contributed by atoms with van der Waals surface area (Å²) in [6.07, 6.45) is -4.09. The maximum Gasteiger partial charge on any atom is 0.184 e. The van der Waals surface area contributed by atoms with Crippen molar-refractivity contribution in [2.45, 2.75) is 50.5 Å². The number of benzene rings is 3. The molecule has 1 unspecified atom stereocenters. The van der Waals surface area contributed by atoms with Gasteiger partial charge in [-0.3, -0.25) is 0 Å². The lowest BCUT2D eigenvalue weighted by Gasteiger charge is -2.44. The highest BCUT2D eigenvalue weighted by molar-refractivity contribution is 5.15. The molecule has 1 aliphatic rings. The van der Waals surface area contributed by atoms with Crippen molar-refractivity contribution in [2.75, 3.05) is 6.61 Å². The Morgan fingerprint density at radius 1 is 0.576 bits per heavy atom. The van der Waals surface area contributed by atoms with Crippen molar-refractivity contribution in [3.8, 4) is 0 Å². The lowest BCUT2D eigenvalue weighted by atomic mass is 9.98. The summed E-state index contributed by atoms with van der Waals surface area (Å²) < 4.78 is 24.3. The molecule has 0 bridgehead atoms. The Bertz CT molecular complexity index is 937. The van der Waals surface area contributed by atoms with Gasteiger partial charge in [-0.1, -0.05) is 91.0 Å². The highest BCUT2D eigenvalue weighted by atomic mass is 16.7. The molecule has 2 N–H and O–H groups in total. The molecule has 6 nitrogen and oxygen atoms in total. The third-order valence-corrected chi connectivity index (χ3v) is 5.65. The van der Waals surface area contributed by atoms with Crippen LogP contribution in [0.15, 0.2) is 91.0 Å². The zero-order valence-corrected chi connectivity index (χ0v) is 18.4. The zero-order chi connectivity index (χ0) is 22.9. The first-order chi connectivity index (χ1) is 16.2. The minimum Gasteiger partial charge on any atom is -0.394 e. The average molecular weight is 451 g/mol. The summed E-state index contributed by atoms with van der Waals surface area (Å²) in [6, 6.07) is 29.3. The predicted octanol–water partition coefficient (Wildman–Crippen LogP) is 3.45. The van der Waals surface area contributed by atoms with Crippen molar-refractivity contribution in [2.24, 2.45) is 0 Å². The maximum absolute atomic E-state index is 10.7. The van der Waals surface area contributed by atoms with E-state index in [-0.39, 0.29) is 13.2 Å². The fourth-order valence-corrected chi connectivity index (χ4v) is 3.91. The summed E-state index contributed by atoms with van der Waals surface area (Å²) in [5.74, 6) is 0. The van der Waals surface area contributed by atoms with Crippen LogP contribution in [0.1, 0.15) is 16.7 Å². The standard InChI is InChI=1S/C27H30O6/c28-16-23-24(30-17-20-10-4-1-5-11-20)25(31-18-21-12-6-2-7-13-21)26(27(29)33-23)32-19-22-14-8-3-9-15-22/h1-15,23-29H,16-19H2/t23-,24?,25+,26-,27+/m1/s1. The van der Waals surface area contributed by atoms with Crippen molar-refractivity contribution in [3.05, 3.63) is 108 Å². The maximum atomic E-state index is 10.7. The Morgan fingerprint density at radius 2 is 0.970 bits per heavy atom. The normalized spacial score (nSPS) is 25.1. The minimum atomic E-state index is -1.26. The van der Waals surface area contributed by atoms with Gasteiger partial charge in [-0.2, -0.15) is 0 Å². The van der Waals surface area contributed by atoms with Gasteiger partial charge in [0.25, 0.3) is 0 Å². The second-order valence-corrected chi connectivity index (χ2v) is 8.03. The fraction of sp³-hybridized carbons (Fsp3) is 0.333. The van der Waals surface area contributed by atoms with Crippen molar-refractivity contribution < 1.29 is 29.2 Å². The third kappa shape index (κ3) is 6.48. The van der Waals surface area contributed by atoms with E-state index in [1.54, 1.807) is 0 Å². The number of aliphatic hydroxyl groups is 2. The van der Waals surface area contributed by atoms with Crippen LogP contribution in [0.2, 0.25) is 0 Å². The molecule has 0 spiro atoms. The largest absolute Gasteiger partial charge is 0.394 e. The Morgan fingerprint density at radius 3 is 1.39 bits per heavy atom. The molecule has 0 amide bonds. The monoisotopic (exact) mass is 450 g/mol. The molecule has 0 aliphatic carbocycles. The molecule has 1 saturated heterocycles. The lowest BCUT2D eigenvalue weighted by molar-refractivity contribution is -0.315. The SMILES string of the molecule is OC[C@H]1O[C@H](O)[C@H](OCc2ccccc2)[C@@H](OCc2ccccc2)C1OCc1ccccc1. The molecule has 5 atom stereocenters. The number of hydrogen-bond acceptors (Lipinski definition) is 6. The van der Waals surface area contributed by atoms with Crippen LogP contribution >= 0.6 is 0 Å². The van der Waals surface area contributed by atoms with Gasteiger partial charge in [-0.15, -0.1) is 0 Å². The molecular weight excluding hydrogens is 420 g/mol. The summed E-state index contributed by atoms with van der Waals surface area (Å²) in [7, 11) is 0. The van der Waals surface area contributed by atoms with Crippen LogP contribution in [0.5, 0.6) is 0 Å². The van der Waals surface area contributed by atoms with E-state index < -0.39 is 30.7 Å². The third-order valence-electron chi connectivity index (χ3n) is 5.65. The Balaban J connectivity index is 1.53.